The molecule has 1 aromatic rings. The maximum atomic E-state index is 11.0. The Morgan fingerprint density at radius 3 is 2.53 bits per heavy atom. The van der Waals surface area contributed by atoms with Crippen LogP contribution in [0.15, 0.2) is 48.2 Å². The van der Waals surface area contributed by atoms with Gasteiger partial charge in [-0.2, -0.15) is 0 Å². The van der Waals surface area contributed by atoms with Gasteiger partial charge in [-0.3, -0.25) is 10.1 Å². The van der Waals surface area contributed by atoms with Crippen LogP contribution in [0.4, 0.5) is 0 Å². The number of nitrogens with zero attached hydrogens (tertiary/aromatic N) is 1. The molecule has 0 fully saturated rings. The quantitative estimate of drug-likeness (QED) is 0.380. The third-order valence-corrected chi connectivity index (χ3v) is 3.25. The van der Waals surface area contributed by atoms with Crippen LogP contribution in [-0.2, 0) is 0 Å². The van der Waals surface area contributed by atoms with Crippen LogP contribution in [0.1, 0.15) is 12.0 Å². The molecule has 0 bridgehead atoms. The molecular formula is C12H11ClN2O2. The number of nitrogens with two attached hydrogens (primary N) is 1. The summed E-state index contributed by atoms with van der Waals surface area (Å²) in [5.74, 6) is 0. The highest BCUT2D eigenvalue weighted by Gasteiger charge is 2.45. The van der Waals surface area contributed by atoms with Crippen molar-refractivity contribution < 1.29 is 4.92 Å². The molecule has 17 heavy (non-hydrogen) atoms. The van der Waals surface area contributed by atoms with E-state index in [9.17, 15) is 10.1 Å². The first-order valence-corrected chi connectivity index (χ1v) is 5.47. The van der Waals surface area contributed by atoms with Gasteiger partial charge in [-0.25, -0.2) is 0 Å². The molecule has 1 aromatic carbocycles. The van der Waals surface area contributed by atoms with Gasteiger partial charge in [0.15, 0.2) is 0 Å². The second-order valence-electron chi connectivity index (χ2n) is 3.87. The molecule has 4 nitrogen and oxygen atoms in total. The summed E-state index contributed by atoms with van der Waals surface area (Å²) in [7, 11) is 0. The topological polar surface area (TPSA) is 69.2 Å². The lowest BCUT2D eigenvalue weighted by Gasteiger charge is -2.23. The molecule has 0 saturated heterocycles. The molecule has 0 radical (unpaired) electrons. The number of hydrogen-bond acceptors (Lipinski definition) is 3. The van der Waals surface area contributed by atoms with E-state index >= 15 is 0 Å². The lowest BCUT2D eigenvalue weighted by atomic mass is 9.92. The second kappa shape index (κ2) is 4.22. The van der Waals surface area contributed by atoms with Gasteiger partial charge in [0.1, 0.15) is 5.70 Å². The summed E-state index contributed by atoms with van der Waals surface area (Å²) < 4.78 is 0. The Morgan fingerprint density at radius 1 is 1.29 bits per heavy atom. The first-order chi connectivity index (χ1) is 8.04. The molecule has 1 aliphatic rings. The highest BCUT2D eigenvalue weighted by Crippen LogP contribution is 2.37. The number of hydrogen-bond donors (Lipinski definition) is 1. The summed E-state index contributed by atoms with van der Waals surface area (Å²) in [5, 5.41) is 11.0. The van der Waals surface area contributed by atoms with Gasteiger partial charge in [0, 0.05) is 4.92 Å². The van der Waals surface area contributed by atoms with Crippen LogP contribution >= 0.6 is 11.6 Å². The zero-order chi connectivity index (χ0) is 12.5. The van der Waals surface area contributed by atoms with E-state index in [2.05, 4.69) is 0 Å². The molecule has 0 aliphatic heterocycles. The zero-order valence-corrected chi connectivity index (χ0v) is 9.72. The molecule has 0 spiro atoms. The van der Waals surface area contributed by atoms with Gasteiger partial charge in [-0.15, -0.1) is 0 Å². The summed E-state index contributed by atoms with van der Waals surface area (Å²) in [6, 6.07) is 9.41. The van der Waals surface area contributed by atoms with Crippen LogP contribution in [0.5, 0.6) is 0 Å². The van der Waals surface area contributed by atoms with Crippen LogP contribution < -0.4 is 5.73 Å². The van der Waals surface area contributed by atoms with Crippen LogP contribution in [-0.4, -0.2) is 9.92 Å². The summed E-state index contributed by atoms with van der Waals surface area (Å²) >= 11 is 5.97. The van der Waals surface area contributed by atoms with Gasteiger partial charge in [-0.1, -0.05) is 36.4 Å². The van der Waals surface area contributed by atoms with E-state index in [1.54, 1.807) is 6.08 Å². The van der Waals surface area contributed by atoms with Gasteiger partial charge in [0.25, 0.3) is 0 Å². The largest absolute Gasteiger partial charge is 0.395 e. The number of nitro groups is 1. The molecule has 0 saturated carbocycles. The third-order valence-electron chi connectivity index (χ3n) is 2.77. The fourth-order valence-electron chi connectivity index (χ4n) is 1.75. The van der Waals surface area contributed by atoms with Crippen molar-refractivity contribution in [2.75, 3.05) is 0 Å². The molecular weight excluding hydrogens is 240 g/mol. The average Bonchev–Trinajstić information content (AvgIpc) is 2.33. The number of alkyl halides is 1. The Bertz CT molecular complexity index is 510. The standard InChI is InChI=1S/C12H11ClN2O2/c13-12(15(16)17)8-10(6-7-11(12)14)9-4-2-1-3-5-9/h1-7H,8,14H2. The number of halogens is 1. The molecule has 1 unspecified atom stereocenters. The molecule has 2 N–H and O–H groups in total. The van der Waals surface area contributed by atoms with Crippen molar-refractivity contribution in [2.24, 2.45) is 5.73 Å². The highest BCUT2D eigenvalue weighted by molar-refractivity contribution is 6.25. The van der Waals surface area contributed by atoms with Crippen molar-refractivity contribution in [3.8, 4) is 0 Å². The minimum Gasteiger partial charge on any atom is -0.395 e. The van der Waals surface area contributed by atoms with Crippen LogP contribution in [0.25, 0.3) is 5.57 Å². The smallest absolute Gasteiger partial charge is 0.338 e. The summed E-state index contributed by atoms with van der Waals surface area (Å²) in [5.41, 5.74) is 7.40. The fourth-order valence-corrected chi connectivity index (χ4v) is 1.96. The maximum absolute atomic E-state index is 11.0. The number of rotatable bonds is 2. The molecule has 0 amide bonds. The van der Waals surface area contributed by atoms with E-state index in [0.29, 0.717) is 0 Å². The SMILES string of the molecule is NC1=CC=C(c2ccccc2)CC1(Cl)[N+](=O)[O-]. The number of allylic oxidation sites excluding steroid dienone is 2. The van der Waals surface area contributed by atoms with E-state index in [-0.39, 0.29) is 12.1 Å². The molecule has 88 valence electrons. The molecule has 5 heteroatoms. The fraction of sp³-hybridized carbons (Fsp3) is 0.167. The monoisotopic (exact) mass is 250 g/mol. The predicted molar refractivity (Wildman–Crippen MR) is 66.9 cm³/mol. The normalized spacial score (nSPS) is 23.8. The van der Waals surface area contributed by atoms with Crippen molar-refractivity contribution in [3.05, 3.63) is 63.9 Å². The van der Waals surface area contributed by atoms with Crippen molar-refractivity contribution in [3.63, 3.8) is 0 Å². The summed E-state index contributed by atoms with van der Waals surface area (Å²) in [4.78, 5) is 8.72. The van der Waals surface area contributed by atoms with E-state index in [1.165, 1.54) is 6.08 Å². The predicted octanol–water partition coefficient (Wildman–Crippen LogP) is 2.53. The Kier molecular flexibility index (Phi) is 2.90. The van der Waals surface area contributed by atoms with Crippen molar-refractivity contribution >= 4 is 17.2 Å². The maximum Gasteiger partial charge on any atom is 0.338 e. The molecule has 0 aromatic heterocycles. The van der Waals surface area contributed by atoms with Crippen molar-refractivity contribution in [2.45, 2.75) is 11.4 Å². The molecule has 1 atom stereocenters. The van der Waals surface area contributed by atoms with Gasteiger partial charge in [-0.05, 0) is 28.8 Å². The Morgan fingerprint density at radius 2 is 1.94 bits per heavy atom. The lowest BCUT2D eigenvalue weighted by Crippen LogP contribution is -2.39. The average molecular weight is 251 g/mol. The Balaban J connectivity index is 2.39. The molecule has 0 heterocycles. The van der Waals surface area contributed by atoms with Crippen molar-refractivity contribution in [1.29, 1.82) is 0 Å². The Labute approximate surface area is 104 Å². The van der Waals surface area contributed by atoms with E-state index in [0.717, 1.165) is 11.1 Å². The Hall–Kier alpha value is -1.81. The van der Waals surface area contributed by atoms with Gasteiger partial charge < -0.3 is 5.73 Å². The van der Waals surface area contributed by atoms with Crippen LogP contribution in [0.3, 0.4) is 0 Å². The molecule has 1 aliphatic carbocycles. The van der Waals surface area contributed by atoms with E-state index in [1.807, 2.05) is 30.3 Å². The first kappa shape index (κ1) is 11.7. The molecule has 2 rings (SSSR count). The number of benzene rings is 1. The minimum absolute atomic E-state index is 0.0730. The minimum atomic E-state index is -1.72. The van der Waals surface area contributed by atoms with Crippen LogP contribution in [0, 0.1) is 10.1 Å². The summed E-state index contributed by atoms with van der Waals surface area (Å²) in [6.45, 7) is 0. The zero-order valence-electron chi connectivity index (χ0n) is 8.97. The highest BCUT2D eigenvalue weighted by atomic mass is 35.5. The lowest BCUT2D eigenvalue weighted by molar-refractivity contribution is -0.529. The summed E-state index contributed by atoms with van der Waals surface area (Å²) in [6.07, 6.45) is 3.37. The van der Waals surface area contributed by atoms with E-state index < -0.39 is 9.92 Å². The van der Waals surface area contributed by atoms with Gasteiger partial charge >= 0.3 is 5.00 Å². The van der Waals surface area contributed by atoms with Gasteiger partial charge in [0.2, 0.25) is 0 Å². The third kappa shape index (κ3) is 2.03. The van der Waals surface area contributed by atoms with Crippen molar-refractivity contribution in [1.82, 2.24) is 0 Å². The van der Waals surface area contributed by atoms with Crippen LogP contribution in [0.2, 0.25) is 0 Å². The van der Waals surface area contributed by atoms with E-state index in [4.69, 9.17) is 17.3 Å². The van der Waals surface area contributed by atoms with Gasteiger partial charge in [0.05, 0.1) is 6.42 Å². The second-order valence-corrected chi connectivity index (χ2v) is 4.50. The first-order valence-electron chi connectivity index (χ1n) is 5.09.